The van der Waals surface area contributed by atoms with Crippen LogP contribution in [0.3, 0.4) is 0 Å². The van der Waals surface area contributed by atoms with Gasteiger partial charge in [0.1, 0.15) is 24.4 Å². The van der Waals surface area contributed by atoms with Gasteiger partial charge in [0.2, 0.25) is 5.91 Å². The number of amides is 1. The molecule has 1 heterocycles. The monoisotopic (exact) mass is 393 g/mol. The third-order valence-electron chi connectivity index (χ3n) is 3.55. The normalized spacial score (nSPS) is 11.1. The molecule has 1 N–H and O–H groups in total. The Labute approximate surface area is 156 Å². The maximum absolute atomic E-state index is 13.1. The van der Waals surface area contributed by atoms with Crippen LogP contribution >= 0.6 is 0 Å². The lowest BCUT2D eigenvalue weighted by Gasteiger charge is -2.15. The van der Waals surface area contributed by atoms with E-state index in [1.165, 1.54) is 13.4 Å². The van der Waals surface area contributed by atoms with Crippen molar-refractivity contribution in [3.63, 3.8) is 0 Å². The number of rotatable bonds is 6. The second kappa shape index (κ2) is 7.94. The molecule has 0 spiro atoms. The highest BCUT2D eigenvalue weighted by atomic mass is 19.4. The lowest BCUT2D eigenvalue weighted by Crippen LogP contribution is -2.20. The summed E-state index contributed by atoms with van der Waals surface area (Å²) in [6.45, 7) is -0.276. The molecule has 0 aliphatic heterocycles. The van der Waals surface area contributed by atoms with E-state index in [9.17, 15) is 18.0 Å². The summed E-state index contributed by atoms with van der Waals surface area (Å²) in [5.74, 6) is 0.247. The molecule has 2 aromatic carbocycles. The minimum atomic E-state index is -4.58. The van der Waals surface area contributed by atoms with E-state index in [1.807, 2.05) is 0 Å². The number of halogens is 3. The average molecular weight is 393 g/mol. The number of nitrogens with one attached hydrogen (secondary N) is 1. The third-order valence-corrected chi connectivity index (χ3v) is 3.55. The summed E-state index contributed by atoms with van der Waals surface area (Å²) in [5.41, 5.74) is -1.07. The van der Waals surface area contributed by atoms with Crippen molar-refractivity contribution in [2.75, 3.05) is 12.4 Å². The number of ether oxygens (including phenoxy) is 2. The smallest absolute Gasteiger partial charge is 0.416 e. The molecule has 1 amide bonds. The van der Waals surface area contributed by atoms with E-state index in [1.54, 1.807) is 24.3 Å². The first-order valence-corrected chi connectivity index (χ1v) is 7.89. The number of benzene rings is 2. The SMILES string of the molecule is COc1cccc(Oc2ccc(C(F)(F)F)cc2NC(=O)Cn2cnnn2)c1. The molecule has 3 aromatic rings. The van der Waals surface area contributed by atoms with Crippen molar-refractivity contribution in [1.29, 1.82) is 0 Å². The summed E-state index contributed by atoms with van der Waals surface area (Å²) in [5, 5.41) is 12.7. The Hall–Kier alpha value is -3.63. The van der Waals surface area contributed by atoms with Crippen LogP contribution in [0, 0.1) is 0 Å². The lowest BCUT2D eigenvalue weighted by atomic mass is 10.1. The highest BCUT2D eigenvalue weighted by Gasteiger charge is 2.31. The largest absolute Gasteiger partial charge is 0.497 e. The van der Waals surface area contributed by atoms with Crippen LogP contribution in [0.25, 0.3) is 0 Å². The molecule has 3 rings (SSSR count). The highest BCUT2D eigenvalue weighted by molar-refractivity contribution is 5.92. The maximum atomic E-state index is 13.1. The number of alkyl halides is 3. The van der Waals surface area contributed by atoms with E-state index in [4.69, 9.17) is 9.47 Å². The fraction of sp³-hybridized carbons (Fsp3) is 0.176. The molecule has 1 aromatic heterocycles. The van der Waals surface area contributed by atoms with Gasteiger partial charge in [-0.25, -0.2) is 4.68 Å². The van der Waals surface area contributed by atoms with E-state index in [2.05, 4.69) is 20.8 Å². The predicted molar refractivity (Wildman–Crippen MR) is 91.0 cm³/mol. The molecule has 0 radical (unpaired) electrons. The van der Waals surface area contributed by atoms with E-state index in [0.29, 0.717) is 11.5 Å². The molecule has 11 heteroatoms. The van der Waals surface area contributed by atoms with Gasteiger partial charge in [-0.3, -0.25) is 4.79 Å². The molecule has 0 unspecified atom stereocenters. The van der Waals surface area contributed by atoms with Crippen molar-refractivity contribution in [2.45, 2.75) is 12.7 Å². The molecular weight excluding hydrogens is 379 g/mol. The van der Waals surface area contributed by atoms with E-state index in [-0.39, 0.29) is 18.0 Å². The first-order chi connectivity index (χ1) is 13.3. The fourth-order valence-corrected chi connectivity index (χ4v) is 2.27. The molecule has 0 atom stereocenters. The standard InChI is InChI=1S/C17H14F3N5O3/c1-27-12-3-2-4-13(8-12)28-15-6-5-11(17(18,19)20)7-14(15)22-16(26)9-25-10-21-23-24-25/h2-8,10H,9H2,1H3,(H,22,26). The Kier molecular flexibility index (Phi) is 5.43. The Morgan fingerprint density at radius 3 is 2.64 bits per heavy atom. The number of carbonyl (C=O) groups is 1. The zero-order valence-electron chi connectivity index (χ0n) is 14.5. The van der Waals surface area contributed by atoms with Crippen LogP contribution in [-0.2, 0) is 17.5 Å². The Bertz CT molecular complexity index is 961. The van der Waals surface area contributed by atoms with Crippen molar-refractivity contribution >= 4 is 11.6 Å². The van der Waals surface area contributed by atoms with Crippen LogP contribution < -0.4 is 14.8 Å². The summed E-state index contributed by atoms with van der Waals surface area (Å²) in [6.07, 6.45) is -3.37. The number of tetrazole rings is 1. The number of nitrogens with zero attached hydrogens (tertiary/aromatic N) is 4. The number of methoxy groups -OCH3 is 1. The molecule has 0 fully saturated rings. The van der Waals surface area contributed by atoms with E-state index < -0.39 is 17.6 Å². The molecule has 146 valence electrons. The summed E-state index contributed by atoms with van der Waals surface area (Å²) in [7, 11) is 1.47. The van der Waals surface area contributed by atoms with Crippen LogP contribution in [0.5, 0.6) is 17.2 Å². The molecule has 0 bridgehead atoms. The fourth-order valence-electron chi connectivity index (χ4n) is 2.27. The van der Waals surface area contributed by atoms with Crippen LogP contribution in [0.4, 0.5) is 18.9 Å². The number of aromatic nitrogens is 4. The van der Waals surface area contributed by atoms with Crippen LogP contribution in [0.15, 0.2) is 48.8 Å². The average Bonchev–Trinajstić information content (AvgIpc) is 3.15. The number of carbonyl (C=O) groups excluding carboxylic acids is 1. The Morgan fingerprint density at radius 2 is 1.96 bits per heavy atom. The summed E-state index contributed by atoms with van der Waals surface area (Å²) in [4.78, 5) is 12.2. The van der Waals surface area contributed by atoms with Gasteiger partial charge in [0.05, 0.1) is 18.4 Å². The highest BCUT2D eigenvalue weighted by Crippen LogP contribution is 2.37. The number of hydrogen-bond donors (Lipinski definition) is 1. The molecular formula is C17H14F3N5O3. The Balaban J connectivity index is 1.88. The zero-order valence-corrected chi connectivity index (χ0v) is 14.5. The van der Waals surface area contributed by atoms with Gasteiger partial charge >= 0.3 is 6.18 Å². The zero-order chi connectivity index (χ0) is 20.1. The summed E-state index contributed by atoms with van der Waals surface area (Å²) >= 11 is 0. The topological polar surface area (TPSA) is 91.2 Å². The number of hydrogen-bond acceptors (Lipinski definition) is 6. The quantitative estimate of drug-likeness (QED) is 0.692. The van der Waals surface area contributed by atoms with Gasteiger partial charge in [0.25, 0.3) is 0 Å². The van der Waals surface area contributed by atoms with Crippen molar-refractivity contribution in [1.82, 2.24) is 20.2 Å². The lowest BCUT2D eigenvalue weighted by molar-refractivity contribution is -0.137. The minimum absolute atomic E-state index is 0.0336. The van der Waals surface area contributed by atoms with Gasteiger partial charge in [-0.1, -0.05) is 6.07 Å². The number of anilines is 1. The second-order valence-corrected chi connectivity index (χ2v) is 5.55. The van der Waals surface area contributed by atoms with E-state index >= 15 is 0 Å². The van der Waals surface area contributed by atoms with Gasteiger partial charge in [0, 0.05) is 6.07 Å². The van der Waals surface area contributed by atoms with Crippen molar-refractivity contribution in [2.24, 2.45) is 0 Å². The first-order valence-electron chi connectivity index (χ1n) is 7.89. The Morgan fingerprint density at radius 1 is 1.18 bits per heavy atom. The van der Waals surface area contributed by atoms with Crippen LogP contribution in [0.1, 0.15) is 5.56 Å². The minimum Gasteiger partial charge on any atom is -0.497 e. The molecule has 0 aliphatic carbocycles. The first kappa shape index (κ1) is 19.1. The summed E-state index contributed by atoms with van der Waals surface area (Å²) < 4.78 is 51.1. The van der Waals surface area contributed by atoms with Gasteiger partial charge < -0.3 is 14.8 Å². The molecule has 28 heavy (non-hydrogen) atoms. The van der Waals surface area contributed by atoms with Crippen molar-refractivity contribution in [3.8, 4) is 17.2 Å². The molecule has 0 saturated carbocycles. The predicted octanol–water partition coefficient (Wildman–Crippen LogP) is 3.13. The third kappa shape index (κ3) is 4.75. The van der Waals surface area contributed by atoms with Gasteiger partial charge in [-0.05, 0) is 40.8 Å². The van der Waals surface area contributed by atoms with Gasteiger partial charge in [-0.15, -0.1) is 5.10 Å². The van der Waals surface area contributed by atoms with Crippen LogP contribution in [-0.4, -0.2) is 33.2 Å². The second-order valence-electron chi connectivity index (χ2n) is 5.55. The van der Waals surface area contributed by atoms with E-state index in [0.717, 1.165) is 22.9 Å². The van der Waals surface area contributed by atoms with Crippen LogP contribution in [0.2, 0.25) is 0 Å². The molecule has 8 nitrogen and oxygen atoms in total. The molecule has 0 aliphatic rings. The van der Waals surface area contributed by atoms with Gasteiger partial charge in [0.15, 0.2) is 5.75 Å². The summed E-state index contributed by atoms with van der Waals surface area (Å²) in [6, 6.07) is 9.31. The van der Waals surface area contributed by atoms with Gasteiger partial charge in [-0.2, -0.15) is 13.2 Å². The maximum Gasteiger partial charge on any atom is 0.416 e. The van der Waals surface area contributed by atoms with Crippen molar-refractivity contribution < 1.29 is 27.4 Å². The molecule has 0 saturated heterocycles. The van der Waals surface area contributed by atoms with Crippen molar-refractivity contribution in [3.05, 3.63) is 54.4 Å².